The van der Waals surface area contributed by atoms with E-state index in [0.717, 1.165) is 16.9 Å². The van der Waals surface area contributed by atoms with E-state index >= 15 is 0 Å². The first-order valence-corrected chi connectivity index (χ1v) is 8.98. The van der Waals surface area contributed by atoms with Crippen LogP contribution >= 0.6 is 0 Å². The van der Waals surface area contributed by atoms with Crippen LogP contribution in [0.1, 0.15) is 24.1 Å². The molecule has 2 N–H and O–H groups in total. The molecule has 0 aliphatic carbocycles. The molecule has 6 heteroatoms. The third kappa shape index (κ3) is 6.57. The Morgan fingerprint density at radius 3 is 2.59 bits per heavy atom. The standard InChI is InChI=1S/C21H28FN3O2/c1-15(11-16-7-5-10-19(12-16)27-4)24-21(26)23-14-20(25(2)3)17-8-6-9-18(22)13-17/h5-10,12-13,15,20H,11,14H2,1-4H3,(H2,23,24,26). The fourth-order valence-electron chi connectivity index (χ4n) is 2.98. The van der Waals surface area contributed by atoms with Gasteiger partial charge in [-0.2, -0.15) is 0 Å². The van der Waals surface area contributed by atoms with Crippen molar-refractivity contribution in [3.63, 3.8) is 0 Å². The molecule has 2 atom stereocenters. The molecule has 2 rings (SSSR count). The number of nitrogens with one attached hydrogen (secondary N) is 2. The largest absolute Gasteiger partial charge is 0.497 e. The highest BCUT2D eigenvalue weighted by Gasteiger charge is 2.16. The highest BCUT2D eigenvalue weighted by molar-refractivity contribution is 5.74. The average molecular weight is 373 g/mol. The number of likely N-dealkylation sites (N-methyl/N-ethyl adjacent to an activating group) is 1. The van der Waals surface area contributed by atoms with Crippen molar-refractivity contribution in [3.05, 3.63) is 65.5 Å². The van der Waals surface area contributed by atoms with Gasteiger partial charge >= 0.3 is 6.03 Å². The number of carbonyl (C=O) groups is 1. The number of ether oxygens (including phenoxy) is 1. The van der Waals surface area contributed by atoms with Crippen molar-refractivity contribution in [2.24, 2.45) is 0 Å². The Labute approximate surface area is 160 Å². The first kappa shape index (κ1) is 20.7. The number of hydrogen-bond acceptors (Lipinski definition) is 3. The van der Waals surface area contributed by atoms with Gasteiger partial charge in [0, 0.05) is 12.6 Å². The smallest absolute Gasteiger partial charge is 0.315 e. The zero-order valence-corrected chi connectivity index (χ0v) is 16.3. The van der Waals surface area contributed by atoms with Gasteiger partial charge in [-0.15, -0.1) is 0 Å². The van der Waals surface area contributed by atoms with Crippen molar-refractivity contribution in [1.82, 2.24) is 15.5 Å². The second kappa shape index (κ2) is 9.92. The van der Waals surface area contributed by atoms with Gasteiger partial charge in [-0.25, -0.2) is 9.18 Å². The third-order valence-corrected chi connectivity index (χ3v) is 4.37. The van der Waals surface area contributed by atoms with Crippen LogP contribution in [0.2, 0.25) is 0 Å². The van der Waals surface area contributed by atoms with Gasteiger partial charge in [0.25, 0.3) is 0 Å². The summed E-state index contributed by atoms with van der Waals surface area (Å²) in [7, 11) is 5.44. The van der Waals surface area contributed by atoms with Crippen molar-refractivity contribution in [2.45, 2.75) is 25.4 Å². The maximum atomic E-state index is 13.5. The molecule has 2 unspecified atom stereocenters. The van der Waals surface area contributed by atoms with Crippen molar-refractivity contribution in [3.8, 4) is 5.75 Å². The first-order valence-electron chi connectivity index (χ1n) is 8.98. The molecule has 5 nitrogen and oxygen atoms in total. The zero-order chi connectivity index (χ0) is 19.8. The van der Waals surface area contributed by atoms with Crippen LogP contribution in [0.15, 0.2) is 48.5 Å². The molecule has 0 fully saturated rings. The van der Waals surface area contributed by atoms with Crippen LogP contribution < -0.4 is 15.4 Å². The van der Waals surface area contributed by atoms with Crippen molar-refractivity contribution in [2.75, 3.05) is 27.7 Å². The highest BCUT2D eigenvalue weighted by Crippen LogP contribution is 2.18. The van der Waals surface area contributed by atoms with E-state index < -0.39 is 0 Å². The van der Waals surface area contributed by atoms with E-state index in [-0.39, 0.29) is 23.9 Å². The molecule has 0 spiro atoms. The number of nitrogens with zero attached hydrogens (tertiary/aromatic N) is 1. The summed E-state index contributed by atoms with van der Waals surface area (Å²) in [5.74, 6) is 0.517. The van der Waals surface area contributed by atoms with Gasteiger partial charge in [0.15, 0.2) is 0 Å². The SMILES string of the molecule is COc1cccc(CC(C)NC(=O)NCC(c2cccc(F)c2)N(C)C)c1. The van der Waals surface area contributed by atoms with E-state index in [9.17, 15) is 9.18 Å². The summed E-state index contributed by atoms with van der Waals surface area (Å²) in [6, 6.07) is 13.8. The Morgan fingerprint density at radius 1 is 1.19 bits per heavy atom. The molecule has 2 aromatic carbocycles. The topological polar surface area (TPSA) is 53.6 Å². The maximum absolute atomic E-state index is 13.5. The molecule has 0 radical (unpaired) electrons. The molecular weight excluding hydrogens is 345 g/mol. The minimum Gasteiger partial charge on any atom is -0.497 e. The summed E-state index contributed by atoms with van der Waals surface area (Å²) in [6.07, 6.45) is 0.700. The second-order valence-electron chi connectivity index (χ2n) is 6.85. The Morgan fingerprint density at radius 2 is 1.93 bits per heavy atom. The maximum Gasteiger partial charge on any atom is 0.315 e. The van der Waals surface area contributed by atoms with E-state index in [2.05, 4.69) is 10.6 Å². The third-order valence-electron chi connectivity index (χ3n) is 4.37. The van der Waals surface area contributed by atoms with E-state index in [0.29, 0.717) is 13.0 Å². The molecule has 0 saturated carbocycles. The number of carbonyl (C=O) groups excluding carboxylic acids is 1. The normalized spacial score (nSPS) is 13.1. The van der Waals surface area contributed by atoms with Gasteiger partial charge in [0.2, 0.25) is 0 Å². The Kier molecular flexibility index (Phi) is 7.61. The lowest BCUT2D eigenvalue weighted by atomic mass is 10.1. The molecule has 27 heavy (non-hydrogen) atoms. The minimum atomic E-state index is -0.282. The molecule has 0 aliphatic heterocycles. The molecule has 0 bridgehead atoms. The summed E-state index contributed by atoms with van der Waals surface area (Å²) >= 11 is 0. The van der Waals surface area contributed by atoms with Crippen LogP contribution in [0.5, 0.6) is 5.75 Å². The molecule has 0 aromatic heterocycles. The summed E-state index contributed by atoms with van der Waals surface area (Å²) in [5.41, 5.74) is 1.91. The van der Waals surface area contributed by atoms with Crippen LogP contribution in [-0.4, -0.2) is 44.7 Å². The van der Waals surface area contributed by atoms with Gasteiger partial charge in [0.05, 0.1) is 13.2 Å². The number of rotatable bonds is 8. The quantitative estimate of drug-likeness (QED) is 0.746. The Balaban J connectivity index is 1.88. The van der Waals surface area contributed by atoms with E-state index in [1.54, 1.807) is 13.2 Å². The van der Waals surface area contributed by atoms with Gasteiger partial charge in [-0.1, -0.05) is 24.3 Å². The minimum absolute atomic E-state index is 0.0379. The first-order chi connectivity index (χ1) is 12.9. The fourth-order valence-corrected chi connectivity index (χ4v) is 2.98. The number of amides is 2. The van der Waals surface area contributed by atoms with Crippen LogP contribution in [0.4, 0.5) is 9.18 Å². The van der Waals surface area contributed by atoms with Crippen LogP contribution in [0.25, 0.3) is 0 Å². The van der Waals surface area contributed by atoms with Crippen LogP contribution in [0, 0.1) is 5.82 Å². The van der Waals surface area contributed by atoms with Crippen LogP contribution in [-0.2, 0) is 6.42 Å². The number of methoxy groups -OCH3 is 1. The van der Waals surface area contributed by atoms with Crippen molar-refractivity contribution >= 4 is 6.03 Å². The lowest BCUT2D eigenvalue weighted by Crippen LogP contribution is -2.44. The zero-order valence-electron chi connectivity index (χ0n) is 16.3. The van der Waals surface area contributed by atoms with Gasteiger partial charge < -0.3 is 20.3 Å². The summed E-state index contributed by atoms with van der Waals surface area (Å²) < 4.78 is 18.7. The van der Waals surface area contributed by atoms with E-state index in [1.165, 1.54) is 12.1 Å². The second-order valence-corrected chi connectivity index (χ2v) is 6.85. The monoisotopic (exact) mass is 373 g/mol. The van der Waals surface area contributed by atoms with Gasteiger partial charge in [0.1, 0.15) is 11.6 Å². The molecule has 146 valence electrons. The van der Waals surface area contributed by atoms with Gasteiger partial charge in [-0.3, -0.25) is 0 Å². The predicted molar refractivity (Wildman–Crippen MR) is 106 cm³/mol. The molecule has 2 amide bonds. The van der Waals surface area contributed by atoms with E-state index in [4.69, 9.17) is 4.74 Å². The Hall–Kier alpha value is -2.60. The summed E-state index contributed by atoms with van der Waals surface area (Å²) in [4.78, 5) is 14.2. The number of hydrogen-bond donors (Lipinski definition) is 2. The predicted octanol–water partition coefficient (Wildman–Crippen LogP) is 3.37. The lowest BCUT2D eigenvalue weighted by Gasteiger charge is -2.25. The lowest BCUT2D eigenvalue weighted by molar-refractivity contribution is 0.230. The highest BCUT2D eigenvalue weighted by atomic mass is 19.1. The Bertz CT molecular complexity index is 752. The number of halogens is 1. The van der Waals surface area contributed by atoms with Crippen LogP contribution in [0.3, 0.4) is 0 Å². The van der Waals surface area contributed by atoms with E-state index in [1.807, 2.05) is 56.3 Å². The summed E-state index contributed by atoms with van der Waals surface area (Å²) in [5, 5.41) is 5.82. The summed E-state index contributed by atoms with van der Waals surface area (Å²) in [6.45, 7) is 2.34. The van der Waals surface area contributed by atoms with Crippen molar-refractivity contribution in [1.29, 1.82) is 0 Å². The molecular formula is C21H28FN3O2. The fraction of sp³-hybridized carbons (Fsp3) is 0.381. The molecule has 0 aliphatic rings. The molecule has 0 saturated heterocycles. The number of benzene rings is 2. The van der Waals surface area contributed by atoms with Crippen molar-refractivity contribution < 1.29 is 13.9 Å². The number of urea groups is 1. The average Bonchev–Trinajstić information content (AvgIpc) is 2.61. The van der Waals surface area contributed by atoms with Gasteiger partial charge in [-0.05, 0) is 62.8 Å². The molecule has 2 aromatic rings. The molecule has 0 heterocycles.